The number of methoxy groups -OCH3 is 2. The zero-order valence-electron chi connectivity index (χ0n) is 19.4. The first kappa shape index (κ1) is 22.9. The van der Waals surface area contributed by atoms with E-state index in [2.05, 4.69) is 27.3 Å². The van der Waals surface area contributed by atoms with Crippen LogP contribution in [0.5, 0.6) is 0 Å². The quantitative estimate of drug-likeness (QED) is 0.418. The molecule has 0 bridgehead atoms. The molecule has 1 fully saturated rings. The van der Waals surface area contributed by atoms with Crippen molar-refractivity contribution in [3.8, 4) is 0 Å². The number of aryl methyl sites for hydroxylation is 1. The summed E-state index contributed by atoms with van der Waals surface area (Å²) >= 11 is 1.59. The molecule has 1 amide bonds. The van der Waals surface area contributed by atoms with Gasteiger partial charge >= 0.3 is 0 Å². The number of carbonyl (C=O) groups excluding carboxylic acids is 1. The average Bonchev–Trinajstić information content (AvgIpc) is 3.20. The van der Waals surface area contributed by atoms with Gasteiger partial charge in [-0.1, -0.05) is 6.07 Å². The Kier molecular flexibility index (Phi) is 6.95. The lowest BCUT2D eigenvalue weighted by Crippen LogP contribution is -2.43. The number of H-pyrrole nitrogens is 1. The second-order valence-corrected chi connectivity index (χ2v) is 9.37. The maximum Gasteiger partial charge on any atom is 0.273 e. The fourth-order valence-electron chi connectivity index (χ4n) is 4.37. The molecule has 0 spiro atoms. The van der Waals surface area contributed by atoms with Crippen LogP contribution in [-0.2, 0) is 20.7 Å². The molecule has 4 rings (SSSR count). The van der Waals surface area contributed by atoms with Crippen LogP contribution in [0, 0.1) is 6.92 Å². The van der Waals surface area contributed by atoms with Crippen molar-refractivity contribution in [3.05, 3.63) is 50.5 Å². The fourth-order valence-corrected chi connectivity index (χ4v) is 5.10. The molecule has 2 aliphatic rings. The highest BCUT2D eigenvalue weighted by Crippen LogP contribution is 2.45. The minimum atomic E-state index is -0.155. The number of thiophene rings is 1. The molecule has 32 heavy (non-hydrogen) atoms. The van der Waals surface area contributed by atoms with Gasteiger partial charge < -0.3 is 14.5 Å². The molecule has 2 aromatic rings. The number of ether oxygens (including phenoxy) is 2. The summed E-state index contributed by atoms with van der Waals surface area (Å²) in [6, 6.07) is 3.97. The number of nitrogens with zero attached hydrogens (tertiary/aromatic N) is 2. The van der Waals surface area contributed by atoms with Crippen LogP contribution in [0.1, 0.15) is 60.0 Å². The summed E-state index contributed by atoms with van der Waals surface area (Å²) in [5.41, 5.74) is 8.83. The molecule has 2 unspecified atom stereocenters. The highest BCUT2D eigenvalue weighted by Gasteiger charge is 2.33. The van der Waals surface area contributed by atoms with E-state index in [1.807, 2.05) is 37.4 Å². The molecule has 172 valence electrons. The van der Waals surface area contributed by atoms with E-state index in [4.69, 9.17) is 9.47 Å². The Bertz CT molecular complexity index is 1010. The number of hydrogen-bond acceptors (Lipinski definition) is 6. The van der Waals surface area contributed by atoms with Crippen molar-refractivity contribution in [3.63, 3.8) is 0 Å². The van der Waals surface area contributed by atoms with E-state index >= 15 is 0 Å². The normalized spacial score (nSPS) is 19.5. The van der Waals surface area contributed by atoms with Crippen LogP contribution in [0.25, 0.3) is 6.08 Å². The van der Waals surface area contributed by atoms with E-state index in [0.29, 0.717) is 11.5 Å². The molecule has 1 saturated carbocycles. The molecule has 2 N–H and O–H groups in total. The summed E-state index contributed by atoms with van der Waals surface area (Å²) in [5, 5.41) is 6.28. The van der Waals surface area contributed by atoms with Crippen LogP contribution < -0.4 is 5.43 Å². The van der Waals surface area contributed by atoms with Gasteiger partial charge in [-0.05, 0) is 74.6 Å². The molecule has 2 aromatic heterocycles. The lowest BCUT2D eigenvalue weighted by molar-refractivity contribution is -0.116. The van der Waals surface area contributed by atoms with Gasteiger partial charge in [-0.25, -0.2) is 5.43 Å². The molecule has 0 aromatic carbocycles. The van der Waals surface area contributed by atoms with E-state index in [1.54, 1.807) is 25.6 Å². The van der Waals surface area contributed by atoms with Crippen LogP contribution in [0.2, 0.25) is 0 Å². The van der Waals surface area contributed by atoms with E-state index < -0.39 is 0 Å². The zero-order valence-corrected chi connectivity index (χ0v) is 20.2. The number of aromatic nitrogens is 1. The maximum atomic E-state index is 12.6. The van der Waals surface area contributed by atoms with Crippen LogP contribution in [0.15, 0.2) is 28.2 Å². The maximum absolute atomic E-state index is 12.6. The van der Waals surface area contributed by atoms with E-state index in [-0.39, 0.29) is 18.4 Å². The highest BCUT2D eigenvalue weighted by atomic mass is 32.1. The third-order valence-electron chi connectivity index (χ3n) is 6.42. The second kappa shape index (κ2) is 9.70. The van der Waals surface area contributed by atoms with Gasteiger partial charge in [0, 0.05) is 32.2 Å². The molecule has 7 nitrogen and oxygen atoms in total. The highest BCUT2D eigenvalue weighted by molar-refractivity contribution is 7.12. The van der Waals surface area contributed by atoms with E-state index in [0.717, 1.165) is 34.9 Å². The largest absolute Gasteiger partial charge is 0.367 e. The summed E-state index contributed by atoms with van der Waals surface area (Å²) in [7, 11) is 3.45. The number of amides is 1. The topological polar surface area (TPSA) is 79.0 Å². The van der Waals surface area contributed by atoms with Crippen molar-refractivity contribution < 1.29 is 14.3 Å². The second-order valence-electron chi connectivity index (χ2n) is 8.42. The minimum Gasteiger partial charge on any atom is -0.367 e. The molecular weight excluding hydrogens is 424 g/mol. The molecule has 3 heterocycles. The van der Waals surface area contributed by atoms with Crippen molar-refractivity contribution >= 4 is 29.0 Å². The average molecular weight is 457 g/mol. The first-order valence-corrected chi connectivity index (χ1v) is 12.0. The Hall–Kier alpha value is -2.26. The monoisotopic (exact) mass is 456 g/mol. The van der Waals surface area contributed by atoms with Crippen molar-refractivity contribution in [2.24, 2.45) is 5.10 Å². The van der Waals surface area contributed by atoms with Gasteiger partial charge in [0.2, 0.25) is 0 Å². The number of aromatic amines is 1. The molecule has 2 atom stereocenters. The van der Waals surface area contributed by atoms with Gasteiger partial charge in [0.1, 0.15) is 18.2 Å². The SMILES string of the molecule is COC(C)N(CCc1c(C)[nH]c(C=C2C(=O)NN=C2c2cccs2)c1C1CC1)C(C)OC. The summed E-state index contributed by atoms with van der Waals surface area (Å²) in [5.74, 6) is 0.388. The molecular formula is C24H32N4O3S. The van der Waals surface area contributed by atoms with Gasteiger partial charge in [-0.3, -0.25) is 9.69 Å². The molecule has 1 aliphatic carbocycles. The van der Waals surface area contributed by atoms with Crippen LogP contribution in [-0.4, -0.2) is 54.7 Å². The lowest BCUT2D eigenvalue weighted by Gasteiger charge is -2.32. The Balaban J connectivity index is 1.64. The van der Waals surface area contributed by atoms with Crippen molar-refractivity contribution in [1.82, 2.24) is 15.3 Å². The summed E-state index contributed by atoms with van der Waals surface area (Å²) in [6.07, 6.45) is 5.16. The fraction of sp³-hybridized carbons (Fsp3) is 0.500. The predicted octanol–water partition coefficient (Wildman–Crippen LogP) is 4.01. The van der Waals surface area contributed by atoms with Crippen LogP contribution in [0.4, 0.5) is 0 Å². The van der Waals surface area contributed by atoms with Crippen molar-refractivity contribution in [2.45, 2.75) is 58.4 Å². The third kappa shape index (κ3) is 4.59. The van der Waals surface area contributed by atoms with Crippen LogP contribution >= 0.6 is 11.3 Å². The van der Waals surface area contributed by atoms with E-state index in [9.17, 15) is 4.79 Å². The summed E-state index contributed by atoms with van der Waals surface area (Å²) < 4.78 is 11.1. The smallest absolute Gasteiger partial charge is 0.273 e. The van der Waals surface area contributed by atoms with E-state index in [1.165, 1.54) is 24.0 Å². The predicted molar refractivity (Wildman–Crippen MR) is 128 cm³/mol. The Morgan fingerprint density at radius 1 is 1.28 bits per heavy atom. The van der Waals surface area contributed by atoms with Crippen molar-refractivity contribution in [1.29, 1.82) is 0 Å². The first-order valence-electron chi connectivity index (χ1n) is 11.1. The number of rotatable bonds is 10. The Morgan fingerprint density at radius 2 is 2.00 bits per heavy atom. The summed E-state index contributed by atoms with van der Waals surface area (Å²) in [6.45, 7) is 7.03. The number of hydrogen-bond donors (Lipinski definition) is 2. The zero-order chi connectivity index (χ0) is 22.8. The first-order chi connectivity index (χ1) is 15.4. The van der Waals surface area contributed by atoms with Gasteiger partial charge in [0.05, 0.1) is 10.5 Å². The molecule has 0 radical (unpaired) electrons. The van der Waals surface area contributed by atoms with Gasteiger partial charge in [0.15, 0.2) is 0 Å². The van der Waals surface area contributed by atoms with Crippen molar-refractivity contribution in [2.75, 3.05) is 20.8 Å². The third-order valence-corrected chi connectivity index (χ3v) is 7.30. The van der Waals surface area contributed by atoms with Gasteiger partial charge in [0.25, 0.3) is 5.91 Å². The standard InChI is InChI=1S/C24H32N4O3S/c1-14-18(10-11-28(15(2)30-4)16(3)31-5)22(17-8-9-17)20(25-14)13-19-23(26-27-24(19)29)21-7-6-12-32-21/h6-7,12-13,15-17,25H,8-11H2,1-5H3,(H,27,29). The Morgan fingerprint density at radius 3 is 2.59 bits per heavy atom. The van der Waals surface area contributed by atoms with Gasteiger partial charge in [-0.2, -0.15) is 5.10 Å². The molecule has 0 saturated heterocycles. The number of nitrogens with one attached hydrogen (secondary N) is 2. The number of hydrazone groups is 1. The lowest BCUT2D eigenvalue weighted by atomic mass is 9.99. The molecule has 1 aliphatic heterocycles. The van der Waals surface area contributed by atoms with Gasteiger partial charge in [-0.15, -0.1) is 11.3 Å². The van der Waals surface area contributed by atoms with Crippen LogP contribution in [0.3, 0.4) is 0 Å². The molecule has 8 heteroatoms. The Labute approximate surface area is 193 Å². The summed E-state index contributed by atoms with van der Waals surface area (Å²) in [4.78, 5) is 19.3. The minimum absolute atomic E-state index is 0.0399. The number of carbonyl (C=O) groups is 1.